The van der Waals surface area contributed by atoms with Crippen LogP contribution in [0.2, 0.25) is 15.1 Å². The summed E-state index contributed by atoms with van der Waals surface area (Å²) in [5.74, 6) is -6.73. The largest absolute Gasteiger partial charge is 0.417 e. The molecule has 0 saturated carbocycles. The van der Waals surface area contributed by atoms with Crippen LogP contribution in [-0.2, 0) is 11.0 Å². The zero-order valence-corrected chi connectivity index (χ0v) is 21.6. The first-order valence-corrected chi connectivity index (χ1v) is 11.5. The highest BCUT2D eigenvalue weighted by atomic mass is 35.5. The summed E-state index contributed by atoms with van der Waals surface area (Å²) in [6.07, 6.45) is -10.7. The summed E-state index contributed by atoms with van der Waals surface area (Å²) in [6.45, 7) is 1.36. The molecule has 0 spiro atoms. The van der Waals surface area contributed by atoms with Crippen LogP contribution in [0.3, 0.4) is 0 Å². The third-order valence-electron chi connectivity index (χ3n) is 5.29. The van der Waals surface area contributed by atoms with Crippen molar-refractivity contribution in [3.63, 3.8) is 0 Å². The second-order valence-corrected chi connectivity index (χ2v) is 9.54. The average molecular weight is 593 g/mol. The van der Waals surface area contributed by atoms with Crippen LogP contribution in [0.1, 0.15) is 46.3 Å². The number of carbonyl (C=O) groups is 2. The summed E-state index contributed by atoms with van der Waals surface area (Å²) in [7, 11) is 2.82. The van der Waals surface area contributed by atoms with Gasteiger partial charge in [0.25, 0.3) is 0 Å². The highest BCUT2D eigenvalue weighted by Crippen LogP contribution is 2.43. The Morgan fingerprint density at radius 3 is 1.97 bits per heavy atom. The van der Waals surface area contributed by atoms with Crippen LogP contribution in [0.5, 0.6) is 0 Å². The molecule has 1 unspecified atom stereocenters. The minimum atomic E-state index is -5.14. The number of allylic oxidation sites excluding steroid dienone is 1. The van der Waals surface area contributed by atoms with Crippen molar-refractivity contribution in [2.24, 2.45) is 5.92 Å². The van der Waals surface area contributed by atoms with Crippen LogP contribution < -0.4 is 0 Å². The van der Waals surface area contributed by atoms with E-state index in [0.29, 0.717) is 6.07 Å². The molecule has 37 heavy (non-hydrogen) atoms. The van der Waals surface area contributed by atoms with Gasteiger partial charge >= 0.3 is 12.4 Å². The molecular weight excluding hydrogens is 574 g/mol. The second-order valence-electron chi connectivity index (χ2n) is 8.35. The molecule has 2 atom stereocenters. The van der Waals surface area contributed by atoms with Gasteiger partial charge in [-0.25, -0.2) is 4.39 Å². The highest BCUT2D eigenvalue weighted by molar-refractivity contribution is 6.48. The standard InChI is InChI=1S/C24H19Cl3F7NO2/c1-11(22(37)35(2)3)6-20(36)14-5-4-12(7-16(14)24(32,33)34)19(28)10-15(23(29,30)31)13-8-17(25)21(27)18(26)9-13/h4-5,7-11,15H,6H2,1-3H3/b19-10-/t11-,15?/m0/s1. The Balaban J connectivity index is 2.55. The molecule has 2 rings (SSSR count). The monoisotopic (exact) mass is 591 g/mol. The van der Waals surface area contributed by atoms with E-state index in [2.05, 4.69) is 0 Å². The van der Waals surface area contributed by atoms with Crippen molar-refractivity contribution >= 4 is 52.3 Å². The summed E-state index contributed by atoms with van der Waals surface area (Å²) in [6, 6.07) is 3.29. The van der Waals surface area contributed by atoms with E-state index in [0.717, 1.165) is 18.2 Å². The van der Waals surface area contributed by atoms with E-state index in [9.17, 15) is 40.3 Å². The lowest BCUT2D eigenvalue weighted by Gasteiger charge is -2.19. The van der Waals surface area contributed by atoms with Gasteiger partial charge in [-0.1, -0.05) is 53.9 Å². The maximum atomic E-state index is 15.0. The quantitative estimate of drug-likeness (QED) is 0.183. The molecule has 0 fully saturated rings. The zero-order chi connectivity index (χ0) is 28.5. The Morgan fingerprint density at radius 1 is 0.973 bits per heavy atom. The molecule has 2 aromatic rings. The molecule has 0 heterocycles. The predicted molar refractivity (Wildman–Crippen MR) is 128 cm³/mol. The lowest BCUT2D eigenvalue weighted by atomic mass is 9.92. The molecule has 0 aliphatic rings. The molecule has 2 aromatic carbocycles. The first kappa shape index (κ1) is 30.9. The van der Waals surface area contributed by atoms with Gasteiger partial charge in [0.15, 0.2) is 5.78 Å². The maximum absolute atomic E-state index is 15.0. The Morgan fingerprint density at radius 2 is 1.51 bits per heavy atom. The number of Topliss-reactive ketones (excluding diaryl/α,β-unsaturated/α-hetero) is 1. The Hall–Kier alpha value is -2.30. The SMILES string of the molecule is C[C@@H](CC(=O)c1ccc(/C(F)=C/C(c2cc(Cl)c(Cl)c(Cl)c2)C(F)(F)F)cc1C(F)(F)F)C(=O)N(C)C. The number of carbonyl (C=O) groups excluding carboxylic acids is 2. The summed E-state index contributed by atoms with van der Waals surface area (Å²) in [4.78, 5) is 25.7. The molecule has 0 aliphatic heterocycles. The van der Waals surface area contributed by atoms with E-state index in [1.54, 1.807) is 0 Å². The van der Waals surface area contributed by atoms with Crippen molar-refractivity contribution in [3.8, 4) is 0 Å². The fraction of sp³-hybridized carbons (Fsp3) is 0.333. The average Bonchev–Trinajstić information content (AvgIpc) is 2.77. The van der Waals surface area contributed by atoms with Crippen molar-refractivity contribution in [3.05, 3.63) is 73.7 Å². The molecule has 0 aliphatic carbocycles. The van der Waals surface area contributed by atoms with Crippen molar-refractivity contribution in [2.45, 2.75) is 31.6 Å². The van der Waals surface area contributed by atoms with Crippen LogP contribution >= 0.6 is 34.8 Å². The molecular formula is C24H19Cl3F7NO2. The zero-order valence-electron chi connectivity index (χ0n) is 19.4. The summed E-state index contributed by atoms with van der Waals surface area (Å²) in [5.41, 5.74) is -3.83. The number of benzene rings is 2. The minimum absolute atomic E-state index is 0.0741. The van der Waals surface area contributed by atoms with Crippen molar-refractivity contribution in [2.75, 3.05) is 14.1 Å². The third-order valence-corrected chi connectivity index (χ3v) is 6.48. The number of rotatable bonds is 7. The Labute approximate surface area is 222 Å². The van der Waals surface area contributed by atoms with Gasteiger partial charge in [-0.05, 0) is 29.8 Å². The predicted octanol–water partition coefficient (Wildman–Crippen LogP) is 8.62. The smallest absolute Gasteiger partial charge is 0.349 e. The van der Waals surface area contributed by atoms with Gasteiger partial charge in [-0.3, -0.25) is 9.59 Å². The molecule has 0 bridgehead atoms. The van der Waals surface area contributed by atoms with Crippen molar-refractivity contribution < 1.29 is 40.3 Å². The number of hydrogen-bond acceptors (Lipinski definition) is 2. The normalized spacial score (nSPS) is 14.4. The van der Waals surface area contributed by atoms with Crippen LogP contribution in [-0.4, -0.2) is 36.9 Å². The molecule has 0 aromatic heterocycles. The van der Waals surface area contributed by atoms with Crippen LogP contribution in [0.25, 0.3) is 5.83 Å². The van der Waals surface area contributed by atoms with E-state index in [4.69, 9.17) is 34.8 Å². The number of halogens is 10. The summed E-state index contributed by atoms with van der Waals surface area (Å²) >= 11 is 17.3. The lowest BCUT2D eigenvalue weighted by molar-refractivity contribution is -0.140. The summed E-state index contributed by atoms with van der Waals surface area (Å²) in [5, 5.41) is -0.901. The number of hydrogen-bond donors (Lipinski definition) is 0. The second kappa shape index (κ2) is 11.6. The van der Waals surface area contributed by atoms with Crippen LogP contribution in [0.15, 0.2) is 36.4 Å². The maximum Gasteiger partial charge on any atom is 0.417 e. The lowest BCUT2D eigenvalue weighted by Crippen LogP contribution is -2.29. The Kier molecular flexibility index (Phi) is 9.71. The fourth-order valence-electron chi connectivity index (χ4n) is 3.46. The first-order chi connectivity index (χ1) is 16.8. The summed E-state index contributed by atoms with van der Waals surface area (Å²) < 4.78 is 97.4. The van der Waals surface area contributed by atoms with Gasteiger partial charge in [-0.15, -0.1) is 0 Å². The third kappa shape index (κ3) is 7.61. The molecule has 3 nitrogen and oxygen atoms in total. The Bertz CT molecular complexity index is 1200. The number of nitrogens with zero attached hydrogens (tertiary/aromatic N) is 1. The van der Waals surface area contributed by atoms with E-state index >= 15 is 0 Å². The van der Waals surface area contributed by atoms with Crippen LogP contribution in [0, 0.1) is 5.92 Å². The van der Waals surface area contributed by atoms with Gasteiger partial charge in [0.1, 0.15) is 11.7 Å². The van der Waals surface area contributed by atoms with Gasteiger partial charge < -0.3 is 4.90 Å². The van der Waals surface area contributed by atoms with Gasteiger partial charge in [0.2, 0.25) is 5.91 Å². The van der Waals surface area contributed by atoms with Crippen LogP contribution in [0.4, 0.5) is 30.7 Å². The first-order valence-electron chi connectivity index (χ1n) is 10.4. The fourth-order valence-corrected chi connectivity index (χ4v) is 4.08. The van der Waals surface area contributed by atoms with Crippen molar-refractivity contribution in [1.82, 2.24) is 4.90 Å². The topological polar surface area (TPSA) is 37.4 Å². The minimum Gasteiger partial charge on any atom is -0.349 e. The van der Waals surface area contributed by atoms with E-state index in [1.807, 2.05) is 0 Å². The van der Waals surface area contributed by atoms with Gasteiger partial charge in [0, 0.05) is 37.6 Å². The molecule has 0 radical (unpaired) electrons. The molecule has 202 valence electrons. The molecule has 0 N–H and O–H groups in total. The molecule has 13 heteroatoms. The van der Waals surface area contributed by atoms with Gasteiger partial charge in [-0.2, -0.15) is 26.3 Å². The van der Waals surface area contributed by atoms with E-state index < -0.39 is 70.4 Å². The molecule has 0 saturated heterocycles. The number of alkyl halides is 6. The van der Waals surface area contributed by atoms with E-state index in [1.165, 1.54) is 25.9 Å². The van der Waals surface area contributed by atoms with E-state index in [-0.39, 0.29) is 27.2 Å². The number of amides is 1. The molecule has 1 amide bonds. The highest BCUT2D eigenvalue weighted by Gasteiger charge is 2.41. The number of ketones is 1. The van der Waals surface area contributed by atoms with Gasteiger partial charge in [0.05, 0.1) is 20.6 Å². The van der Waals surface area contributed by atoms with Crippen molar-refractivity contribution in [1.29, 1.82) is 0 Å².